The lowest BCUT2D eigenvalue weighted by atomic mass is 10.1. The van der Waals surface area contributed by atoms with Crippen LogP contribution in [0.3, 0.4) is 0 Å². The van der Waals surface area contributed by atoms with Gasteiger partial charge in [-0.2, -0.15) is 0 Å². The second kappa shape index (κ2) is 10.6. The fourth-order valence-electron chi connectivity index (χ4n) is 3.17. The zero-order valence-electron chi connectivity index (χ0n) is 17.4. The number of rotatable bonds is 9. The van der Waals surface area contributed by atoms with Crippen LogP contribution in [0.25, 0.3) is 0 Å². The summed E-state index contributed by atoms with van der Waals surface area (Å²) >= 11 is 0. The number of carbonyl (C=O) groups excluding carboxylic acids is 2. The van der Waals surface area contributed by atoms with Gasteiger partial charge in [0.1, 0.15) is 6.54 Å². The van der Waals surface area contributed by atoms with Gasteiger partial charge in [-0.05, 0) is 31.0 Å². The number of hydrogen-bond donors (Lipinski definition) is 2. The van der Waals surface area contributed by atoms with E-state index in [2.05, 4.69) is 43.4 Å². The lowest BCUT2D eigenvalue weighted by Gasteiger charge is -2.24. The van der Waals surface area contributed by atoms with Crippen LogP contribution in [0.2, 0.25) is 0 Å². The van der Waals surface area contributed by atoms with Crippen LogP contribution >= 0.6 is 0 Å². The van der Waals surface area contributed by atoms with E-state index in [0.717, 1.165) is 35.5 Å². The summed E-state index contributed by atoms with van der Waals surface area (Å²) in [5.74, 6) is 0.0793. The Morgan fingerprint density at radius 2 is 1.61 bits per heavy atom. The molecule has 5 heteroatoms. The lowest BCUT2D eigenvalue weighted by molar-refractivity contribution is -0.885. The molecule has 1 atom stereocenters. The molecule has 150 valence electrons. The summed E-state index contributed by atoms with van der Waals surface area (Å²) in [6, 6.07) is 15.9. The molecule has 0 fully saturated rings. The molecule has 2 rings (SSSR count). The first-order valence-corrected chi connectivity index (χ1v) is 9.88. The normalized spacial score (nSPS) is 11.7. The second-order valence-corrected chi connectivity index (χ2v) is 7.39. The largest absolute Gasteiger partial charge is 0.355 e. The molecule has 0 saturated carbocycles. The minimum Gasteiger partial charge on any atom is -0.355 e. The van der Waals surface area contributed by atoms with Crippen LogP contribution in [-0.4, -0.2) is 43.9 Å². The van der Waals surface area contributed by atoms with Gasteiger partial charge in [-0.15, -0.1) is 0 Å². The highest BCUT2D eigenvalue weighted by Gasteiger charge is 2.18. The van der Waals surface area contributed by atoms with Crippen molar-refractivity contribution in [3.8, 4) is 0 Å². The first-order chi connectivity index (χ1) is 13.4. The zero-order valence-corrected chi connectivity index (χ0v) is 17.4. The van der Waals surface area contributed by atoms with Gasteiger partial charge in [0.25, 0.3) is 11.8 Å². The predicted molar refractivity (Wildman–Crippen MR) is 112 cm³/mol. The van der Waals surface area contributed by atoms with E-state index in [4.69, 9.17) is 0 Å². The third kappa shape index (κ3) is 6.50. The van der Waals surface area contributed by atoms with Crippen LogP contribution in [-0.2, 0) is 17.9 Å². The first-order valence-electron chi connectivity index (χ1n) is 9.88. The smallest absolute Gasteiger partial charge is 0.278 e. The van der Waals surface area contributed by atoms with E-state index in [1.54, 1.807) is 7.05 Å². The van der Waals surface area contributed by atoms with Crippen LogP contribution in [0.15, 0.2) is 48.5 Å². The molecule has 0 heterocycles. The molecule has 1 unspecified atom stereocenters. The molecular formula is C23H32N3O2+. The molecule has 2 amide bonds. The minimum absolute atomic E-state index is 0.0891. The van der Waals surface area contributed by atoms with Gasteiger partial charge in [0.05, 0.1) is 7.05 Å². The number of aryl methyl sites for hydroxylation is 1. The molecule has 28 heavy (non-hydrogen) atoms. The van der Waals surface area contributed by atoms with Gasteiger partial charge in [-0.1, -0.05) is 48.9 Å². The molecule has 0 radical (unpaired) electrons. The zero-order chi connectivity index (χ0) is 20.5. The maximum absolute atomic E-state index is 12.8. The van der Waals surface area contributed by atoms with Crippen LogP contribution < -0.4 is 10.2 Å². The molecule has 2 aromatic rings. The van der Waals surface area contributed by atoms with E-state index in [-0.39, 0.29) is 11.8 Å². The fourth-order valence-corrected chi connectivity index (χ4v) is 3.17. The Bertz CT molecular complexity index is 769. The van der Waals surface area contributed by atoms with E-state index in [1.165, 1.54) is 5.56 Å². The van der Waals surface area contributed by atoms with Gasteiger partial charge in [0, 0.05) is 31.3 Å². The highest BCUT2D eigenvalue weighted by Crippen LogP contribution is 2.08. The molecule has 0 saturated heterocycles. The summed E-state index contributed by atoms with van der Waals surface area (Å²) < 4.78 is 0. The number of amides is 2. The highest BCUT2D eigenvalue weighted by molar-refractivity contribution is 5.93. The predicted octanol–water partition coefficient (Wildman–Crippen LogP) is 1.81. The second-order valence-electron chi connectivity index (χ2n) is 7.39. The molecule has 5 nitrogen and oxygen atoms in total. The Hall–Kier alpha value is -2.66. The number of nitrogens with one attached hydrogen (secondary N) is 2. The molecule has 0 bridgehead atoms. The molecule has 0 aliphatic heterocycles. The Kier molecular flexibility index (Phi) is 8.20. The molecule has 0 aliphatic carbocycles. The summed E-state index contributed by atoms with van der Waals surface area (Å²) in [7, 11) is 3.65. The lowest BCUT2D eigenvalue weighted by Crippen LogP contribution is -3.08. The number of quaternary nitrogens is 1. The van der Waals surface area contributed by atoms with Crippen LogP contribution in [0, 0.1) is 6.92 Å². The average Bonchev–Trinajstić information content (AvgIpc) is 2.69. The third-order valence-corrected chi connectivity index (χ3v) is 4.74. The average molecular weight is 383 g/mol. The van der Waals surface area contributed by atoms with Gasteiger partial charge < -0.3 is 15.1 Å². The fraction of sp³-hybridized carbons (Fsp3) is 0.391. The van der Waals surface area contributed by atoms with Crippen molar-refractivity contribution in [3.05, 3.63) is 70.8 Å². The number of likely N-dealkylation sites (N-methyl/N-ethyl adjacent to an activating group) is 1. The SMILES string of the molecule is CCCN(Cc1ccc(C)cc1)C(=O)C[NH+](C)Cc1ccc(C(=O)NC)cc1. The minimum atomic E-state index is -0.0891. The summed E-state index contributed by atoms with van der Waals surface area (Å²) in [4.78, 5) is 27.5. The molecular weight excluding hydrogens is 350 g/mol. The van der Waals surface area contributed by atoms with E-state index in [9.17, 15) is 9.59 Å². The molecule has 0 spiro atoms. The van der Waals surface area contributed by atoms with Gasteiger partial charge in [0.15, 0.2) is 6.54 Å². The van der Waals surface area contributed by atoms with Crippen LogP contribution in [0.4, 0.5) is 0 Å². The summed E-state index contributed by atoms with van der Waals surface area (Å²) in [5.41, 5.74) is 4.14. The molecule has 0 aromatic heterocycles. The topological polar surface area (TPSA) is 53.9 Å². The van der Waals surface area contributed by atoms with Crippen molar-refractivity contribution in [2.75, 3.05) is 27.2 Å². The van der Waals surface area contributed by atoms with Crippen molar-refractivity contribution in [2.24, 2.45) is 0 Å². The quantitative estimate of drug-likeness (QED) is 0.695. The Morgan fingerprint density at radius 1 is 1.00 bits per heavy atom. The Labute approximate surface area is 168 Å². The van der Waals surface area contributed by atoms with Crippen molar-refractivity contribution < 1.29 is 14.5 Å². The van der Waals surface area contributed by atoms with Crippen molar-refractivity contribution in [1.29, 1.82) is 0 Å². The standard InChI is InChI=1S/C23H31N3O2/c1-5-14-26(16-20-8-6-18(2)7-9-20)22(27)17-25(4)15-19-10-12-21(13-11-19)23(28)24-3/h6-13H,5,14-17H2,1-4H3,(H,24,28)/p+1. The van der Waals surface area contributed by atoms with Gasteiger partial charge in [-0.3, -0.25) is 9.59 Å². The van der Waals surface area contributed by atoms with E-state index in [1.807, 2.05) is 36.2 Å². The Morgan fingerprint density at radius 3 is 2.18 bits per heavy atom. The Balaban J connectivity index is 1.94. The number of carbonyl (C=O) groups is 2. The van der Waals surface area contributed by atoms with Gasteiger partial charge in [-0.25, -0.2) is 0 Å². The summed E-state index contributed by atoms with van der Waals surface area (Å²) in [6.45, 7) is 6.77. The van der Waals surface area contributed by atoms with Crippen molar-refractivity contribution >= 4 is 11.8 Å². The van der Waals surface area contributed by atoms with E-state index in [0.29, 0.717) is 18.7 Å². The summed E-state index contributed by atoms with van der Waals surface area (Å²) in [6.07, 6.45) is 0.942. The summed E-state index contributed by atoms with van der Waals surface area (Å²) in [5, 5.41) is 2.62. The number of benzene rings is 2. The van der Waals surface area contributed by atoms with Crippen molar-refractivity contribution in [3.63, 3.8) is 0 Å². The third-order valence-electron chi connectivity index (χ3n) is 4.74. The maximum atomic E-state index is 12.8. The highest BCUT2D eigenvalue weighted by atomic mass is 16.2. The van der Waals surface area contributed by atoms with E-state index < -0.39 is 0 Å². The maximum Gasteiger partial charge on any atom is 0.278 e. The number of hydrogen-bond acceptors (Lipinski definition) is 2. The van der Waals surface area contributed by atoms with Crippen LogP contribution in [0.1, 0.15) is 40.4 Å². The van der Waals surface area contributed by atoms with E-state index >= 15 is 0 Å². The molecule has 2 N–H and O–H groups in total. The van der Waals surface area contributed by atoms with Gasteiger partial charge >= 0.3 is 0 Å². The molecule has 0 aliphatic rings. The van der Waals surface area contributed by atoms with Crippen LogP contribution in [0.5, 0.6) is 0 Å². The first kappa shape index (κ1) is 21.6. The van der Waals surface area contributed by atoms with Crippen molar-refractivity contribution in [1.82, 2.24) is 10.2 Å². The van der Waals surface area contributed by atoms with Crippen molar-refractivity contribution in [2.45, 2.75) is 33.4 Å². The van der Waals surface area contributed by atoms with Gasteiger partial charge in [0.2, 0.25) is 0 Å². The monoisotopic (exact) mass is 382 g/mol. The molecule has 2 aromatic carbocycles. The number of nitrogens with zero attached hydrogens (tertiary/aromatic N) is 1.